The molecule has 0 aliphatic carbocycles. The Balaban J connectivity index is 2.65. The predicted octanol–water partition coefficient (Wildman–Crippen LogP) is 2.18. The zero-order chi connectivity index (χ0) is 10.3. The lowest BCUT2D eigenvalue weighted by atomic mass is 9.99. The molecule has 1 aromatic carbocycles. The Labute approximate surface area is 86.4 Å². The van der Waals surface area contributed by atoms with Gasteiger partial charge in [-0.3, -0.25) is 4.21 Å². The van der Waals surface area contributed by atoms with E-state index in [1.807, 2.05) is 0 Å². The smallest absolute Gasteiger partial charge is 0.116 e. The third-order valence-corrected chi connectivity index (χ3v) is 4.11. The van der Waals surface area contributed by atoms with Gasteiger partial charge >= 0.3 is 0 Å². The molecule has 1 atom stereocenters. The van der Waals surface area contributed by atoms with Crippen molar-refractivity contribution in [3.8, 4) is 5.75 Å². The standard InChI is InChI=1S/C11H14O2S/c1-7(2)10-6-9(12)5-8-3-4-14(13)11(8)10/h5-7,12H,3-4H2,1-2H3. The van der Waals surface area contributed by atoms with E-state index >= 15 is 0 Å². The van der Waals surface area contributed by atoms with Crippen molar-refractivity contribution in [3.05, 3.63) is 23.3 Å². The lowest BCUT2D eigenvalue weighted by Gasteiger charge is -2.11. The maximum absolute atomic E-state index is 11.7. The Kier molecular flexibility index (Phi) is 2.35. The van der Waals surface area contributed by atoms with Crippen molar-refractivity contribution >= 4 is 10.8 Å². The summed E-state index contributed by atoms with van der Waals surface area (Å²) in [5.41, 5.74) is 2.10. The molecule has 0 amide bonds. The normalized spacial score (nSPS) is 20.1. The number of hydrogen-bond donors (Lipinski definition) is 1. The molecule has 0 saturated carbocycles. The molecule has 0 spiro atoms. The van der Waals surface area contributed by atoms with Gasteiger partial charge in [-0.1, -0.05) is 13.8 Å². The van der Waals surface area contributed by atoms with E-state index < -0.39 is 10.8 Å². The predicted molar refractivity (Wildman–Crippen MR) is 57.2 cm³/mol. The first-order valence-electron chi connectivity index (χ1n) is 4.83. The van der Waals surface area contributed by atoms with Crippen LogP contribution in [0.15, 0.2) is 17.0 Å². The van der Waals surface area contributed by atoms with Crippen molar-refractivity contribution in [2.75, 3.05) is 5.75 Å². The second kappa shape index (κ2) is 3.39. The first-order chi connectivity index (χ1) is 6.59. The fourth-order valence-electron chi connectivity index (χ4n) is 1.89. The molecular weight excluding hydrogens is 196 g/mol. The minimum absolute atomic E-state index is 0.298. The SMILES string of the molecule is CC(C)c1cc(O)cc2c1S(=O)CC2. The van der Waals surface area contributed by atoms with Crippen molar-refractivity contribution in [2.24, 2.45) is 0 Å². The lowest BCUT2D eigenvalue weighted by molar-refractivity contribution is 0.472. The molecule has 1 unspecified atom stereocenters. The van der Waals surface area contributed by atoms with Crippen molar-refractivity contribution in [2.45, 2.75) is 31.1 Å². The van der Waals surface area contributed by atoms with Gasteiger partial charge < -0.3 is 5.11 Å². The van der Waals surface area contributed by atoms with E-state index in [0.29, 0.717) is 17.4 Å². The maximum atomic E-state index is 11.7. The highest BCUT2D eigenvalue weighted by Crippen LogP contribution is 2.34. The number of aromatic hydroxyl groups is 1. The summed E-state index contributed by atoms with van der Waals surface area (Å²) < 4.78 is 11.7. The van der Waals surface area contributed by atoms with E-state index in [1.165, 1.54) is 0 Å². The fraction of sp³-hybridized carbons (Fsp3) is 0.455. The Morgan fingerprint density at radius 1 is 1.43 bits per heavy atom. The molecule has 0 radical (unpaired) electrons. The fourth-order valence-corrected chi connectivity index (χ4v) is 3.51. The third kappa shape index (κ3) is 1.46. The van der Waals surface area contributed by atoms with Crippen molar-refractivity contribution in [1.82, 2.24) is 0 Å². The van der Waals surface area contributed by atoms with Gasteiger partial charge in [0.15, 0.2) is 0 Å². The molecule has 14 heavy (non-hydrogen) atoms. The zero-order valence-electron chi connectivity index (χ0n) is 8.41. The number of hydrogen-bond acceptors (Lipinski definition) is 2. The van der Waals surface area contributed by atoms with Crippen LogP contribution in [0.5, 0.6) is 5.75 Å². The van der Waals surface area contributed by atoms with Gasteiger partial charge in [-0.15, -0.1) is 0 Å². The summed E-state index contributed by atoms with van der Waals surface area (Å²) in [6.07, 6.45) is 0.829. The summed E-state index contributed by atoms with van der Waals surface area (Å²) in [5.74, 6) is 1.32. The average molecular weight is 210 g/mol. The maximum Gasteiger partial charge on any atom is 0.116 e. The van der Waals surface area contributed by atoms with Gasteiger partial charge in [0.1, 0.15) is 5.75 Å². The third-order valence-electron chi connectivity index (χ3n) is 2.59. The molecule has 0 saturated heterocycles. The minimum Gasteiger partial charge on any atom is -0.508 e. The highest BCUT2D eigenvalue weighted by Gasteiger charge is 2.23. The van der Waals surface area contributed by atoms with Crippen molar-refractivity contribution < 1.29 is 9.32 Å². The lowest BCUT2D eigenvalue weighted by Crippen LogP contribution is -1.97. The largest absolute Gasteiger partial charge is 0.508 e. The van der Waals surface area contributed by atoms with Crippen molar-refractivity contribution in [3.63, 3.8) is 0 Å². The number of fused-ring (bicyclic) bond motifs is 1. The van der Waals surface area contributed by atoms with Crippen LogP contribution in [0.2, 0.25) is 0 Å². The van der Waals surface area contributed by atoms with E-state index in [0.717, 1.165) is 22.4 Å². The van der Waals surface area contributed by atoms with Crippen LogP contribution in [-0.4, -0.2) is 15.1 Å². The van der Waals surface area contributed by atoms with Gasteiger partial charge in [-0.05, 0) is 35.6 Å². The molecule has 1 heterocycles. The summed E-state index contributed by atoms with van der Waals surface area (Å²) in [6.45, 7) is 4.12. The Hall–Kier alpha value is -0.830. The van der Waals surface area contributed by atoms with E-state index in [9.17, 15) is 9.32 Å². The molecule has 0 bridgehead atoms. The summed E-state index contributed by atoms with van der Waals surface area (Å²) in [4.78, 5) is 0.970. The van der Waals surface area contributed by atoms with E-state index in [1.54, 1.807) is 12.1 Å². The van der Waals surface area contributed by atoms with Crippen LogP contribution in [0.1, 0.15) is 30.9 Å². The van der Waals surface area contributed by atoms with E-state index in [4.69, 9.17) is 0 Å². The first-order valence-corrected chi connectivity index (χ1v) is 6.15. The van der Waals surface area contributed by atoms with Crippen LogP contribution >= 0.6 is 0 Å². The van der Waals surface area contributed by atoms with Crippen LogP contribution in [0, 0.1) is 0 Å². The topological polar surface area (TPSA) is 37.3 Å². The van der Waals surface area contributed by atoms with Crippen LogP contribution < -0.4 is 0 Å². The van der Waals surface area contributed by atoms with Gasteiger partial charge in [0, 0.05) is 10.6 Å². The van der Waals surface area contributed by atoms with Crippen LogP contribution in [0.4, 0.5) is 0 Å². The molecule has 0 fully saturated rings. The molecule has 1 N–H and O–H groups in total. The number of rotatable bonds is 1. The molecule has 1 aromatic rings. The molecule has 2 nitrogen and oxygen atoms in total. The molecule has 2 rings (SSSR count). The van der Waals surface area contributed by atoms with Crippen molar-refractivity contribution in [1.29, 1.82) is 0 Å². The van der Waals surface area contributed by atoms with Gasteiger partial charge in [-0.2, -0.15) is 0 Å². The van der Waals surface area contributed by atoms with Crippen LogP contribution in [0.25, 0.3) is 0 Å². The van der Waals surface area contributed by atoms with Gasteiger partial charge in [0.25, 0.3) is 0 Å². The first kappa shape index (κ1) is 9.71. The number of phenols is 1. The van der Waals surface area contributed by atoms with Crippen LogP contribution in [0.3, 0.4) is 0 Å². The molecule has 1 aliphatic rings. The molecular formula is C11H14O2S. The molecule has 0 aromatic heterocycles. The second-order valence-corrected chi connectivity index (χ2v) is 5.49. The molecule has 1 aliphatic heterocycles. The Bertz CT molecular complexity index is 397. The van der Waals surface area contributed by atoms with Gasteiger partial charge in [0.2, 0.25) is 0 Å². The quantitative estimate of drug-likeness (QED) is 0.771. The summed E-state index contributed by atoms with van der Waals surface area (Å²) in [7, 11) is -0.849. The highest BCUT2D eigenvalue weighted by molar-refractivity contribution is 7.85. The Morgan fingerprint density at radius 3 is 2.79 bits per heavy atom. The number of aryl methyl sites for hydroxylation is 1. The monoisotopic (exact) mass is 210 g/mol. The van der Waals surface area contributed by atoms with Gasteiger partial charge in [0.05, 0.1) is 10.8 Å². The molecule has 3 heteroatoms. The van der Waals surface area contributed by atoms with E-state index in [2.05, 4.69) is 13.8 Å². The zero-order valence-corrected chi connectivity index (χ0v) is 9.23. The van der Waals surface area contributed by atoms with E-state index in [-0.39, 0.29) is 0 Å². The Morgan fingerprint density at radius 2 is 2.14 bits per heavy atom. The highest BCUT2D eigenvalue weighted by atomic mass is 32.2. The summed E-state index contributed by atoms with van der Waals surface area (Å²) in [5, 5.41) is 9.51. The number of benzene rings is 1. The average Bonchev–Trinajstić information content (AvgIpc) is 2.46. The minimum atomic E-state index is -0.849. The number of phenolic OH excluding ortho intramolecular Hbond substituents is 1. The summed E-state index contributed by atoms with van der Waals surface area (Å²) in [6, 6.07) is 3.48. The second-order valence-electron chi connectivity index (χ2n) is 3.98. The molecule has 76 valence electrons. The summed E-state index contributed by atoms with van der Waals surface area (Å²) >= 11 is 0. The van der Waals surface area contributed by atoms with Gasteiger partial charge in [-0.25, -0.2) is 0 Å². The van der Waals surface area contributed by atoms with Crippen LogP contribution in [-0.2, 0) is 17.2 Å².